The number of para-hydroxylation sites is 1. The van der Waals surface area contributed by atoms with Crippen molar-refractivity contribution in [2.24, 2.45) is 0 Å². The van der Waals surface area contributed by atoms with Gasteiger partial charge in [-0.25, -0.2) is 9.67 Å². The third kappa shape index (κ3) is 3.58. The van der Waals surface area contributed by atoms with Crippen LogP contribution in [0, 0.1) is 0 Å². The molecule has 1 N–H and O–H groups in total. The van der Waals surface area contributed by atoms with Crippen LogP contribution < -0.4 is 5.32 Å². The van der Waals surface area contributed by atoms with E-state index in [1.165, 1.54) is 0 Å². The number of nitrogens with zero attached hydrogens (tertiary/aromatic N) is 4. The number of hydrogen-bond donors (Lipinski definition) is 1. The van der Waals surface area contributed by atoms with Crippen LogP contribution in [0.1, 0.15) is 5.69 Å². The van der Waals surface area contributed by atoms with Crippen molar-refractivity contribution in [1.82, 2.24) is 20.0 Å². The van der Waals surface area contributed by atoms with E-state index in [2.05, 4.69) is 20.6 Å². The van der Waals surface area contributed by atoms with Crippen molar-refractivity contribution in [3.63, 3.8) is 0 Å². The van der Waals surface area contributed by atoms with E-state index in [1.54, 1.807) is 10.9 Å². The molecule has 0 unspecified atom stereocenters. The van der Waals surface area contributed by atoms with Crippen LogP contribution in [0.2, 0.25) is 5.02 Å². The molecule has 2 aromatic carbocycles. The molecule has 0 saturated heterocycles. The van der Waals surface area contributed by atoms with Crippen LogP contribution in [0.4, 0.5) is 5.82 Å². The zero-order valence-corrected chi connectivity index (χ0v) is 14.6. The summed E-state index contributed by atoms with van der Waals surface area (Å²) in [4.78, 5) is 4.37. The minimum absolute atomic E-state index is 0.534. The molecule has 4 aromatic rings. The van der Waals surface area contributed by atoms with Crippen LogP contribution in [-0.2, 0) is 6.54 Å². The van der Waals surface area contributed by atoms with Gasteiger partial charge in [-0.2, -0.15) is 0 Å². The fourth-order valence-corrected chi connectivity index (χ4v) is 2.90. The molecule has 0 radical (unpaired) electrons. The summed E-state index contributed by atoms with van der Waals surface area (Å²) in [5.41, 5.74) is 3.81. The van der Waals surface area contributed by atoms with Crippen LogP contribution in [0.15, 0.2) is 79.1 Å². The standard InChI is InChI=1S/C20H16ClN5/c21-19-9-5-4-8-18(19)15-10-11-22-20(12-15)23-13-16-14-26(25-24-16)17-6-2-1-3-7-17/h1-12,14H,13H2,(H,22,23). The first-order valence-corrected chi connectivity index (χ1v) is 8.59. The number of hydrogen-bond acceptors (Lipinski definition) is 4. The Balaban J connectivity index is 1.48. The Morgan fingerprint density at radius 2 is 1.77 bits per heavy atom. The van der Waals surface area contributed by atoms with Crippen molar-refractivity contribution in [1.29, 1.82) is 0 Å². The molecule has 4 rings (SSSR count). The maximum absolute atomic E-state index is 6.28. The molecule has 26 heavy (non-hydrogen) atoms. The van der Waals surface area contributed by atoms with Crippen LogP contribution in [-0.4, -0.2) is 20.0 Å². The third-order valence-corrected chi connectivity index (χ3v) is 4.29. The Hall–Kier alpha value is -3.18. The molecule has 5 nitrogen and oxygen atoms in total. The van der Waals surface area contributed by atoms with Crippen LogP contribution in [0.5, 0.6) is 0 Å². The van der Waals surface area contributed by atoms with E-state index < -0.39 is 0 Å². The Labute approximate surface area is 156 Å². The maximum Gasteiger partial charge on any atom is 0.126 e. The number of rotatable bonds is 5. The number of aromatic nitrogens is 4. The monoisotopic (exact) mass is 361 g/mol. The Bertz CT molecular complexity index is 1010. The lowest BCUT2D eigenvalue weighted by molar-refractivity contribution is 0.798. The average molecular weight is 362 g/mol. The van der Waals surface area contributed by atoms with Gasteiger partial charge in [-0.3, -0.25) is 0 Å². The van der Waals surface area contributed by atoms with Gasteiger partial charge in [0.2, 0.25) is 0 Å². The van der Waals surface area contributed by atoms with Gasteiger partial charge in [-0.15, -0.1) is 5.10 Å². The highest BCUT2D eigenvalue weighted by atomic mass is 35.5. The Morgan fingerprint density at radius 3 is 2.62 bits per heavy atom. The molecule has 0 saturated carbocycles. The normalized spacial score (nSPS) is 10.7. The molecule has 2 aromatic heterocycles. The molecular weight excluding hydrogens is 346 g/mol. The minimum atomic E-state index is 0.534. The largest absolute Gasteiger partial charge is 0.364 e. The molecule has 2 heterocycles. The summed E-state index contributed by atoms with van der Waals surface area (Å²) >= 11 is 6.28. The second-order valence-corrected chi connectivity index (χ2v) is 6.16. The van der Waals surface area contributed by atoms with Gasteiger partial charge in [-0.1, -0.05) is 53.2 Å². The molecule has 128 valence electrons. The van der Waals surface area contributed by atoms with E-state index in [0.717, 1.165) is 33.3 Å². The van der Waals surface area contributed by atoms with Crippen molar-refractivity contribution in [2.45, 2.75) is 6.54 Å². The van der Waals surface area contributed by atoms with Crippen molar-refractivity contribution < 1.29 is 0 Å². The van der Waals surface area contributed by atoms with E-state index in [0.29, 0.717) is 6.54 Å². The topological polar surface area (TPSA) is 55.6 Å². The number of anilines is 1. The summed E-state index contributed by atoms with van der Waals surface area (Å²) in [7, 11) is 0. The SMILES string of the molecule is Clc1ccccc1-c1ccnc(NCc2cn(-c3ccccc3)nn2)c1. The highest BCUT2D eigenvalue weighted by Gasteiger charge is 2.06. The zero-order valence-electron chi connectivity index (χ0n) is 13.9. The van der Waals surface area contributed by atoms with Gasteiger partial charge in [0.1, 0.15) is 11.5 Å². The van der Waals surface area contributed by atoms with E-state index >= 15 is 0 Å². The molecule has 6 heteroatoms. The smallest absolute Gasteiger partial charge is 0.126 e. The van der Waals surface area contributed by atoms with E-state index in [9.17, 15) is 0 Å². The second kappa shape index (κ2) is 7.37. The maximum atomic E-state index is 6.28. The minimum Gasteiger partial charge on any atom is -0.364 e. The molecular formula is C20H16ClN5. The summed E-state index contributed by atoms with van der Waals surface area (Å²) in [5, 5.41) is 12.4. The quantitative estimate of drug-likeness (QED) is 0.564. The average Bonchev–Trinajstić information content (AvgIpc) is 3.17. The van der Waals surface area contributed by atoms with Gasteiger partial charge < -0.3 is 5.32 Å². The van der Waals surface area contributed by atoms with Gasteiger partial charge in [0.15, 0.2) is 0 Å². The van der Waals surface area contributed by atoms with Crippen LogP contribution in [0.3, 0.4) is 0 Å². The number of nitrogens with one attached hydrogen (secondary N) is 1. The first-order valence-electron chi connectivity index (χ1n) is 8.21. The van der Waals surface area contributed by atoms with Crippen LogP contribution in [0.25, 0.3) is 16.8 Å². The van der Waals surface area contributed by atoms with Gasteiger partial charge in [-0.05, 0) is 35.9 Å². The molecule has 0 aliphatic rings. The fourth-order valence-electron chi connectivity index (χ4n) is 2.66. The predicted octanol–water partition coefficient (Wildman–Crippen LogP) is 4.59. The summed E-state index contributed by atoms with van der Waals surface area (Å²) in [6, 6.07) is 21.6. The molecule has 0 aliphatic carbocycles. The molecule has 0 spiro atoms. The number of pyridine rings is 1. The van der Waals surface area contributed by atoms with Crippen molar-refractivity contribution in [2.75, 3.05) is 5.32 Å². The summed E-state index contributed by atoms with van der Waals surface area (Å²) in [6.07, 6.45) is 3.67. The Kier molecular flexibility index (Phi) is 4.62. The third-order valence-electron chi connectivity index (χ3n) is 3.96. The van der Waals surface area contributed by atoms with Crippen molar-refractivity contribution in [3.05, 3.63) is 89.8 Å². The summed E-state index contributed by atoms with van der Waals surface area (Å²) in [5.74, 6) is 0.761. The molecule has 0 bridgehead atoms. The lowest BCUT2D eigenvalue weighted by atomic mass is 10.1. The highest BCUT2D eigenvalue weighted by molar-refractivity contribution is 6.33. The van der Waals surface area contributed by atoms with E-state index in [-0.39, 0.29) is 0 Å². The van der Waals surface area contributed by atoms with E-state index in [1.807, 2.05) is 72.9 Å². The van der Waals surface area contributed by atoms with Crippen molar-refractivity contribution >= 4 is 17.4 Å². The van der Waals surface area contributed by atoms with Gasteiger partial charge in [0, 0.05) is 16.8 Å². The first-order chi connectivity index (χ1) is 12.8. The molecule has 0 aliphatic heterocycles. The van der Waals surface area contributed by atoms with Gasteiger partial charge in [0.25, 0.3) is 0 Å². The lowest BCUT2D eigenvalue weighted by Gasteiger charge is -2.07. The number of benzene rings is 2. The van der Waals surface area contributed by atoms with Crippen LogP contribution >= 0.6 is 11.6 Å². The highest BCUT2D eigenvalue weighted by Crippen LogP contribution is 2.28. The molecule has 0 fully saturated rings. The summed E-state index contributed by atoms with van der Waals surface area (Å²) in [6.45, 7) is 0.534. The summed E-state index contributed by atoms with van der Waals surface area (Å²) < 4.78 is 1.75. The second-order valence-electron chi connectivity index (χ2n) is 5.75. The zero-order chi connectivity index (χ0) is 17.8. The Morgan fingerprint density at radius 1 is 0.962 bits per heavy atom. The van der Waals surface area contributed by atoms with E-state index in [4.69, 9.17) is 11.6 Å². The van der Waals surface area contributed by atoms with Gasteiger partial charge in [0.05, 0.1) is 18.4 Å². The molecule has 0 amide bonds. The van der Waals surface area contributed by atoms with Crippen molar-refractivity contribution in [3.8, 4) is 16.8 Å². The fraction of sp³-hybridized carbons (Fsp3) is 0.0500. The van der Waals surface area contributed by atoms with Gasteiger partial charge >= 0.3 is 0 Å². The first kappa shape index (κ1) is 16.3. The predicted molar refractivity (Wildman–Crippen MR) is 103 cm³/mol. The lowest BCUT2D eigenvalue weighted by Crippen LogP contribution is -2.01. The molecule has 0 atom stereocenters. The number of halogens is 1.